The number of carbonyl (C=O) groups excluding carboxylic acids is 1. The first-order chi connectivity index (χ1) is 7.28. The Bertz CT molecular complexity index is 540. The molecule has 0 aromatic carbocycles. The standard InChI is InChI=1S/C11H11N3O/c1-6-4-8-9(5-15)13-10(7-2-3-7)14-11(8)12-6/h4-5,7H,2-3H2,1H3,(H,12,13,14). The number of aldehydes is 1. The van der Waals surface area contributed by atoms with E-state index in [2.05, 4.69) is 15.0 Å². The Morgan fingerprint density at radius 1 is 1.47 bits per heavy atom. The van der Waals surface area contributed by atoms with Gasteiger partial charge in [-0.3, -0.25) is 4.79 Å². The Balaban J connectivity index is 2.29. The first-order valence-corrected chi connectivity index (χ1v) is 5.10. The number of aromatic amines is 1. The monoisotopic (exact) mass is 201 g/mol. The molecular weight excluding hydrogens is 190 g/mol. The smallest absolute Gasteiger partial charge is 0.169 e. The second-order valence-electron chi connectivity index (χ2n) is 4.07. The van der Waals surface area contributed by atoms with Gasteiger partial charge in [-0.05, 0) is 25.8 Å². The molecule has 1 fully saturated rings. The molecule has 1 saturated carbocycles. The van der Waals surface area contributed by atoms with E-state index in [1.165, 1.54) is 0 Å². The Morgan fingerprint density at radius 3 is 2.93 bits per heavy atom. The van der Waals surface area contributed by atoms with Gasteiger partial charge >= 0.3 is 0 Å². The topological polar surface area (TPSA) is 58.6 Å². The molecule has 0 amide bonds. The lowest BCUT2D eigenvalue weighted by atomic mass is 10.2. The largest absolute Gasteiger partial charge is 0.343 e. The molecule has 2 aromatic heterocycles. The molecule has 0 unspecified atom stereocenters. The van der Waals surface area contributed by atoms with Crippen molar-refractivity contribution in [1.29, 1.82) is 0 Å². The van der Waals surface area contributed by atoms with Crippen LogP contribution in [0.4, 0.5) is 0 Å². The summed E-state index contributed by atoms with van der Waals surface area (Å²) >= 11 is 0. The minimum Gasteiger partial charge on any atom is -0.343 e. The van der Waals surface area contributed by atoms with Gasteiger partial charge in [-0.2, -0.15) is 0 Å². The van der Waals surface area contributed by atoms with Crippen LogP contribution < -0.4 is 0 Å². The summed E-state index contributed by atoms with van der Waals surface area (Å²) in [6.45, 7) is 1.95. The summed E-state index contributed by atoms with van der Waals surface area (Å²) < 4.78 is 0. The van der Waals surface area contributed by atoms with E-state index in [4.69, 9.17) is 0 Å². The zero-order chi connectivity index (χ0) is 10.4. The van der Waals surface area contributed by atoms with Crippen molar-refractivity contribution in [2.75, 3.05) is 0 Å². The summed E-state index contributed by atoms with van der Waals surface area (Å²) in [5.74, 6) is 1.28. The predicted octanol–water partition coefficient (Wildman–Crippen LogP) is 1.96. The molecule has 1 N–H and O–H groups in total. The van der Waals surface area contributed by atoms with E-state index in [0.29, 0.717) is 11.6 Å². The van der Waals surface area contributed by atoms with E-state index >= 15 is 0 Å². The average molecular weight is 201 g/mol. The molecule has 4 heteroatoms. The van der Waals surface area contributed by atoms with Crippen molar-refractivity contribution in [3.8, 4) is 0 Å². The number of carbonyl (C=O) groups is 1. The second-order valence-corrected chi connectivity index (χ2v) is 4.07. The van der Waals surface area contributed by atoms with E-state index in [-0.39, 0.29) is 0 Å². The van der Waals surface area contributed by atoms with Crippen LogP contribution in [0.2, 0.25) is 0 Å². The van der Waals surface area contributed by atoms with Crippen LogP contribution in [0, 0.1) is 6.92 Å². The molecule has 0 aliphatic heterocycles. The zero-order valence-electron chi connectivity index (χ0n) is 8.45. The molecule has 0 radical (unpaired) electrons. The van der Waals surface area contributed by atoms with Gasteiger partial charge < -0.3 is 4.98 Å². The van der Waals surface area contributed by atoms with E-state index in [0.717, 1.165) is 41.7 Å². The van der Waals surface area contributed by atoms with Crippen molar-refractivity contribution in [1.82, 2.24) is 15.0 Å². The molecule has 2 heterocycles. The zero-order valence-corrected chi connectivity index (χ0v) is 8.45. The fourth-order valence-corrected chi connectivity index (χ4v) is 1.80. The highest BCUT2D eigenvalue weighted by molar-refractivity contribution is 5.93. The average Bonchev–Trinajstić information content (AvgIpc) is 2.99. The number of rotatable bonds is 2. The van der Waals surface area contributed by atoms with Gasteiger partial charge in [-0.25, -0.2) is 9.97 Å². The van der Waals surface area contributed by atoms with Crippen molar-refractivity contribution < 1.29 is 4.79 Å². The quantitative estimate of drug-likeness (QED) is 0.755. The number of H-pyrrole nitrogens is 1. The van der Waals surface area contributed by atoms with Crippen LogP contribution in [0.1, 0.15) is 40.8 Å². The van der Waals surface area contributed by atoms with Crippen molar-refractivity contribution >= 4 is 17.3 Å². The maximum atomic E-state index is 10.9. The summed E-state index contributed by atoms with van der Waals surface area (Å²) in [6.07, 6.45) is 3.09. The van der Waals surface area contributed by atoms with E-state index < -0.39 is 0 Å². The van der Waals surface area contributed by atoms with Crippen molar-refractivity contribution in [2.45, 2.75) is 25.7 Å². The van der Waals surface area contributed by atoms with Crippen LogP contribution in [0.15, 0.2) is 6.07 Å². The number of hydrogen-bond donors (Lipinski definition) is 1. The van der Waals surface area contributed by atoms with Crippen LogP contribution in [0.25, 0.3) is 11.0 Å². The molecule has 3 rings (SSSR count). The highest BCUT2D eigenvalue weighted by Crippen LogP contribution is 2.38. The number of nitrogens with one attached hydrogen (secondary N) is 1. The highest BCUT2D eigenvalue weighted by Gasteiger charge is 2.27. The molecule has 0 atom stereocenters. The molecular formula is C11H11N3O. The summed E-state index contributed by atoms with van der Waals surface area (Å²) in [7, 11) is 0. The summed E-state index contributed by atoms with van der Waals surface area (Å²) in [6, 6.07) is 1.91. The van der Waals surface area contributed by atoms with Crippen LogP contribution in [-0.2, 0) is 0 Å². The molecule has 76 valence electrons. The van der Waals surface area contributed by atoms with Crippen LogP contribution in [-0.4, -0.2) is 21.2 Å². The minimum atomic E-state index is 0.469. The molecule has 4 nitrogen and oxygen atoms in total. The van der Waals surface area contributed by atoms with E-state index in [1.54, 1.807) is 0 Å². The highest BCUT2D eigenvalue weighted by atomic mass is 16.1. The number of fused-ring (bicyclic) bond motifs is 1. The van der Waals surface area contributed by atoms with Gasteiger partial charge in [0.05, 0.1) is 0 Å². The van der Waals surface area contributed by atoms with Gasteiger partial charge in [0.2, 0.25) is 0 Å². The summed E-state index contributed by atoms with van der Waals surface area (Å²) in [5, 5.41) is 0.826. The first kappa shape index (κ1) is 8.59. The number of aromatic nitrogens is 3. The van der Waals surface area contributed by atoms with Crippen molar-refractivity contribution in [2.24, 2.45) is 0 Å². The molecule has 0 saturated heterocycles. The van der Waals surface area contributed by atoms with Crippen molar-refractivity contribution in [3.63, 3.8) is 0 Å². The molecule has 1 aliphatic rings. The lowest BCUT2D eigenvalue weighted by Crippen LogP contribution is -1.98. The number of aryl methyl sites for hydroxylation is 1. The van der Waals surface area contributed by atoms with Gasteiger partial charge in [0.1, 0.15) is 17.2 Å². The Kier molecular flexibility index (Phi) is 1.65. The fourth-order valence-electron chi connectivity index (χ4n) is 1.80. The van der Waals surface area contributed by atoms with Gasteiger partial charge in [0, 0.05) is 17.0 Å². The third-order valence-electron chi connectivity index (χ3n) is 2.72. The van der Waals surface area contributed by atoms with E-state index in [9.17, 15) is 4.79 Å². The summed E-state index contributed by atoms with van der Waals surface area (Å²) in [5.41, 5.74) is 2.30. The first-order valence-electron chi connectivity index (χ1n) is 5.10. The van der Waals surface area contributed by atoms with Gasteiger partial charge in [0.15, 0.2) is 6.29 Å². The van der Waals surface area contributed by atoms with Crippen LogP contribution >= 0.6 is 0 Å². The minimum absolute atomic E-state index is 0.469. The third kappa shape index (κ3) is 1.33. The lowest BCUT2D eigenvalue weighted by molar-refractivity contribution is 0.112. The summed E-state index contributed by atoms with van der Waals surface area (Å²) in [4.78, 5) is 22.8. The van der Waals surface area contributed by atoms with Gasteiger partial charge in [-0.15, -0.1) is 0 Å². The Labute approximate surface area is 86.7 Å². The SMILES string of the molecule is Cc1cc2c(C=O)nc(C3CC3)nc2[nH]1. The molecule has 2 aromatic rings. The predicted molar refractivity (Wildman–Crippen MR) is 56.0 cm³/mol. The maximum absolute atomic E-state index is 10.9. The molecule has 0 spiro atoms. The molecule has 0 bridgehead atoms. The van der Waals surface area contributed by atoms with Crippen molar-refractivity contribution in [3.05, 3.63) is 23.3 Å². The maximum Gasteiger partial charge on any atom is 0.169 e. The van der Waals surface area contributed by atoms with Gasteiger partial charge in [0.25, 0.3) is 0 Å². The normalized spacial score (nSPS) is 15.8. The lowest BCUT2D eigenvalue weighted by Gasteiger charge is -1.98. The number of nitrogens with zero attached hydrogens (tertiary/aromatic N) is 2. The molecule has 15 heavy (non-hydrogen) atoms. The molecule has 1 aliphatic carbocycles. The second kappa shape index (κ2) is 2.89. The third-order valence-corrected chi connectivity index (χ3v) is 2.72. The van der Waals surface area contributed by atoms with E-state index in [1.807, 2.05) is 13.0 Å². The fraction of sp³-hybridized carbons (Fsp3) is 0.364. The van der Waals surface area contributed by atoms with Crippen LogP contribution in [0.3, 0.4) is 0 Å². The number of hydrogen-bond acceptors (Lipinski definition) is 3. The Morgan fingerprint density at radius 2 is 2.27 bits per heavy atom. The Hall–Kier alpha value is -1.71. The van der Waals surface area contributed by atoms with Gasteiger partial charge in [-0.1, -0.05) is 0 Å². The van der Waals surface area contributed by atoms with Crippen LogP contribution in [0.5, 0.6) is 0 Å².